The van der Waals surface area contributed by atoms with Gasteiger partial charge < -0.3 is 10.2 Å². The zero-order chi connectivity index (χ0) is 18.7. The third-order valence-corrected chi connectivity index (χ3v) is 4.97. The van der Waals surface area contributed by atoms with Crippen LogP contribution in [-0.4, -0.2) is 43.0 Å². The summed E-state index contributed by atoms with van der Waals surface area (Å²) in [6.45, 7) is 4.48. The Balaban J connectivity index is 1.60. The van der Waals surface area contributed by atoms with E-state index in [0.29, 0.717) is 18.1 Å². The van der Waals surface area contributed by atoms with E-state index < -0.39 is 29.3 Å². The highest BCUT2D eigenvalue weighted by Gasteiger charge is 2.27. The molecule has 1 aliphatic heterocycles. The van der Waals surface area contributed by atoms with E-state index in [0.717, 1.165) is 30.9 Å². The number of benzene rings is 2. The standard InChI is InChI=1S/C19H20ClF2N3O/c1-13(19(26)23-18-15(21)6-4-7-16(18)22)24-9-11-25(12-10-24)17-8-3-2-5-14(17)20/h2-8,13H,9-12H2,1H3,(H,23,26)/t13-/m1/s1. The molecule has 3 rings (SSSR count). The summed E-state index contributed by atoms with van der Waals surface area (Å²) in [4.78, 5) is 16.6. The molecule has 1 atom stereocenters. The van der Waals surface area contributed by atoms with Gasteiger partial charge in [-0.25, -0.2) is 8.78 Å². The predicted octanol–water partition coefficient (Wildman–Crippen LogP) is 3.77. The quantitative estimate of drug-likeness (QED) is 0.878. The summed E-state index contributed by atoms with van der Waals surface area (Å²) in [7, 11) is 0. The van der Waals surface area contributed by atoms with Gasteiger partial charge >= 0.3 is 0 Å². The lowest BCUT2D eigenvalue weighted by molar-refractivity contribution is -0.120. The van der Waals surface area contributed by atoms with Gasteiger partial charge in [0.15, 0.2) is 0 Å². The van der Waals surface area contributed by atoms with Gasteiger partial charge in [-0.3, -0.25) is 9.69 Å². The third kappa shape index (κ3) is 3.97. The lowest BCUT2D eigenvalue weighted by atomic mass is 10.2. The van der Waals surface area contributed by atoms with E-state index in [9.17, 15) is 13.6 Å². The molecule has 1 amide bonds. The van der Waals surface area contributed by atoms with E-state index in [-0.39, 0.29) is 0 Å². The molecular formula is C19H20ClF2N3O. The Hall–Kier alpha value is -2.18. The number of halogens is 3. The van der Waals surface area contributed by atoms with Crippen molar-refractivity contribution in [2.45, 2.75) is 13.0 Å². The number of carbonyl (C=O) groups excluding carboxylic acids is 1. The largest absolute Gasteiger partial charge is 0.368 e. The number of carbonyl (C=O) groups is 1. The van der Waals surface area contributed by atoms with Crippen molar-refractivity contribution in [3.63, 3.8) is 0 Å². The minimum atomic E-state index is -0.783. The fourth-order valence-electron chi connectivity index (χ4n) is 3.07. The van der Waals surface area contributed by atoms with E-state index >= 15 is 0 Å². The van der Waals surface area contributed by atoms with Gasteiger partial charge in [0, 0.05) is 26.2 Å². The molecule has 138 valence electrons. The highest BCUT2D eigenvalue weighted by Crippen LogP contribution is 2.26. The van der Waals surface area contributed by atoms with Crippen molar-refractivity contribution in [2.24, 2.45) is 0 Å². The molecule has 0 radical (unpaired) electrons. The first-order valence-corrected chi connectivity index (χ1v) is 8.83. The number of piperazine rings is 1. The molecule has 7 heteroatoms. The van der Waals surface area contributed by atoms with E-state index in [2.05, 4.69) is 10.2 Å². The fraction of sp³-hybridized carbons (Fsp3) is 0.316. The molecular weight excluding hydrogens is 360 g/mol. The van der Waals surface area contributed by atoms with Crippen molar-refractivity contribution in [2.75, 3.05) is 36.4 Å². The van der Waals surface area contributed by atoms with Gasteiger partial charge in [0.1, 0.15) is 17.3 Å². The first-order chi connectivity index (χ1) is 12.5. The zero-order valence-corrected chi connectivity index (χ0v) is 15.1. The van der Waals surface area contributed by atoms with Crippen molar-refractivity contribution in [1.29, 1.82) is 0 Å². The molecule has 4 nitrogen and oxygen atoms in total. The molecule has 2 aromatic rings. The Morgan fingerprint density at radius 1 is 1.04 bits per heavy atom. The second-order valence-electron chi connectivity index (χ2n) is 6.24. The lowest BCUT2D eigenvalue weighted by Crippen LogP contribution is -2.53. The van der Waals surface area contributed by atoms with Gasteiger partial charge in [-0.1, -0.05) is 29.8 Å². The van der Waals surface area contributed by atoms with Crippen LogP contribution in [0.15, 0.2) is 42.5 Å². The van der Waals surface area contributed by atoms with Crippen LogP contribution in [0.25, 0.3) is 0 Å². The minimum Gasteiger partial charge on any atom is -0.368 e. The second kappa shape index (κ2) is 8.01. The molecule has 1 heterocycles. The van der Waals surface area contributed by atoms with Gasteiger partial charge in [-0.15, -0.1) is 0 Å². The smallest absolute Gasteiger partial charge is 0.241 e. The molecule has 0 unspecified atom stereocenters. The number of amides is 1. The molecule has 1 N–H and O–H groups in total. The van der Waals surface area contributed by atoms with Crippen LogP contribution in [-0.2, 0) is 4.79 Å². The normalized spacial score (nSPS) is 16.4. The van der Waals surface area contributed by atoms with Gasteiger partial charge in [0.25, 0.3) is 0 Å². The summed E-state index contributed by atoms with van der Waals surface area (Å²) >= 11 is 6.24. The summed E-state index contributed by atoms with van der Waals surface area (Å²) in [6, 6.07) is 10.6. The fourth-order valence-corrected chi connectivity index (χ4v) is 3.32. The zero-order valence-electron chi connectivity index (χ0n) is 14.4. The Morgan fingerprint density at radius 2 is 1.65 bits per heavy atom. The van der Waals surface area contributed by atoms with Crippen molar-refractivity contribution in [3.05, 3.63) is 59.1 Å². The van der Waals surface area contributed by atoms with E-state index in [1.165, 1.54) is 6.07 Å². The van der Waals surface area contributed by atoms with Crippen molar-refractivity contribution >= 4 is 28.9 Å². The van der Waals surface area contributed by atoms with Crippen LogP contribution in [0.3, 0.4) is 0 Å². The third-order valence-electron chi connectivity index (χ3n) is 4.65. The summed E-state index contributed by atoms with van der Waals surface area (Å²) < 4.78 is 27.4. The highest BCUT2D eigenvalue weighted by molar-refractivity contribution is 6.33. The average Bonchev–Trinajstić information content (AvgIpc) is 2.65. The van der Waals surface area contributed by atoms with Crippen molar-refractivity contribution < 1.29 is 13.6 Å². The van der Waals surface area contributed by atoms with E-state index in [1.54, 1.807) is 6.92 Å². The number of rotatable bonds is 4. The maximum atomic E-state index is 13.7. The van der Waals surface area contributed by atoms with Crippen LogP contribution < -0.4 is 10.2 Å². The van der Waals surface area contributed by atoms with Crippen LogP contribution in [0.2, 0.25) is 5.02 Å². The van der Waals surface area contributed by atoms with Crippen LogP contribution in [0.4, 0.5) is 20.2 Å². The Kier molecular flexibility index (Phi) is 5.74. The monoisotopic (exact) mass is 379 g/mol. The number of hydrogen-bond acceptors (Lipinski definition) is 3. The van der Waals surface area contributed by atoms with Gasteiger partial charge in [-0.05, 0) is 31.2 Å². The first kappa shape index (κ1) is 18.6. The molecule has 26 heavy (non-hydrogen) atoms. The van der Waals surface area contributed by atoms with Gasteiger partial charge in [0.05, 0.1) is 16.8 Å². The van der Waals surface area contributed by atoms with Crippen LogP contribution in [0, 0.1) is 11.6 Å². The topological polar surface area (TPSA) is 35.6 Å². The molecule has 1 saturated heterocycles. The van der Waals surface area contributed by atoms with E-state index in [1.807, 2.05) is 29.2 Å². The Labute approximate surface area is 156 Å². The molecule has 0 aromatic heterocycles. The molecule has 1 aliphatic rings. The summed E-state index contributed by atoms with van der Waals surface area (Å²) in [5.74, 6) is -2.00. The molecule has 1 fully saturated rings. The van der Waals surface area contributed by atoms with E-state index in [4.69, 9.17) is 11.6 Å². The average molecular weight is 380 g/mol. The molecule has 0 bridgehead atoms. The SMILES string of the molecule is C[C@H](C(=O)Nc1c(F)cccc1F)N1CCN(c2ccccc2Cl)CC1. The molecule has 2 aromatic carbocycles. The minimum absolute atomic E-state index is 0.404. The summed E-state index contributed by atoms with van der Waals surface area (Å²) in [5, 5.41) is 3.06. The summed E-state index contributed by atoms with van der Waals surface area (Å²) in [6.07, 6.45) is 0. The maximum Gasteiger partial charge on any atom is 0.241 e. The molecule has 0 saturated carbocycles. The van der Waals surface area contributed by atoms with Crippen molar-refractivity contribution in [1.82, 2.24) is 4.90 Å². The maximum absolute atomic E-state index is 13.7. The van der Waals surface area contributed by atoms with Gasteiger partial charge in [-0.2, -0.15) is 0 Å². The Bertz CT molecular complexity index is 774. The number of hydrogen-bond donors (Lipinski definition) is 1. The number of nitrogens with one attached hydrogen (secondary N) is 1. The molecule has 0 aliphatic carbocycles. The molecule has 0 spiro atoms. The first-order valence-electron chi connectivity index (χ1n) is 8.46. The van der Waals surface area contributed by atoms with Crippen LogP contribution in [0.5, 0.6) is 0 Å². The number of anilines is 2. The van der Waals surface area contributed by atoms with Crippen LogP contribution >= 0.6 is 11.6 Å². The van der Waals surface area contributed by atoms with Gasteiger partial charge in [0.2, 0.25) is 5.91 Å². The van der Waals surface area contributed by atoms with Crippen LogP contribution in [0.1, 0.15) is 6.92 Å². The Morgan fingerprint density at radius 3 is 2.27 bits per heavy atom. The van der Waals surface area contributed by atoms with Crippen molar-refractivity contribution in [3.8, 4) is 0 Å². The number of nitrogens with zero attached hydrogens (tertiary/aromatic N) is 2. The highest BCUT2D eigenvalue weighted by atomic mass is 35.5. The second-order valence-corrected chi connectivity index (χ2v) is 6.64. The number of para-hydroxylation sites is 2. The lowest BCUT2D eigenvalue weighted by Gasteiger charge is -2.38. The predicted molar refractivity (Wildman–Crippen MR) is 99.7 cm³/mol. The summed E-state index contributed by atoms with van der Waals surface area (Å²) in [5.41, 5.74) is 0.568.